The summed E-state index contributed by atoms with van der Waals surface area (Å²) in [5.41, 5.74) is 1.58. The number of Topliss-reactive ketones (excluding diaryl/α,β-unsaturated/α-hetero) is 1. The van der Waals surface area contributed by atoms with E-state index in [0.29, 0.717) is 49.6 Å². The summed E-state index contributed by atoms with van der Waals surface area (Å²) >= 11 is 0.820. The van der Waals surface area contributed by atoms with Crippen LogP contribution in [0.4, 0.5) is 15.7 Å². The van der Waals surface area contributed by atoms with Crippen molar-refractivity contribution in [1.29, 1.82) is 0 Å². The number of benzene rings is 1. The number of piperazine rings is 1. The Hall–Kier alpha value is -3.20. The minimum Gasteiger partial charge on any atom is -0.465 e. The van der Waals surface area contributed by atoms with Gasteiger partial charge in [-0.25, -0.2) is 28.2 Å². The lowest BCUT2D eigenvalue weighted by molar-refractivity contribution is 0.0969. The highest BCUT2D eigenvalue weighted by Crippen LogP contribution is 2.35. The van der Waals surface area contributed by atoms with Crippen molar-refractivity contribution in [3.05, 3.63) is 35.8 Å². The number of sulfonamides is 1. The fraction of sp³-hybridized carbons (Fsp3) is 0.458. The number of carbonyl (C=O) groups is 2. The molecule has 0 bridgehead atoms. The Morgan fingerprint density at radius 2 is 1.92 bits per heavy atom. The third-order valence-electron chi connectivity index (χ3n) is 6.67. The molecule has 38 heavy (non-hydrogen) atoms. The molecule has 1 unspecified atom stereocenters. The van der Waals surface area contributed by atoms with E-state index in [4.69, 9.17) is 5.11 Å². The third kappa shape index (κ3) is 5.48. The second kappa shape index (κ2) is 10.5. The summed E-state index contributed by atoms with van der Waals surface area (Å²) in [4.78, 5) is 38.6. The van der Waals surface area contributed by atoms with Crippen LogP contribution in [-0.2, 0) is 10.0 Å². The van der Waals surface area contributed by atoms with Gasteiger partial charge in [0.15, 0.2) is 15.1 Å². The molecule has 1 aromatic carbocycles. The first-order chi connectivity index (χ1) is 18.1. The summed E-state index contributed by atoms with van der Waals surface area (Å²) in [7, 11) is -3.78. The molecule has 3 N–H and O–H groups in total. The molecule has 5 rings (SSSR count). The summed E-state index contributed by atoms with van der Waals surface area (Å²) in [6.45, 7) is 6.00. The van der Waals surface area contributed by atoms with Gasteiger partial charge in [0.2, 0.25) is 0 Å². The van der Waals surface area contributed by atoms with Gasteiger partial charge in [0.05, 0.1) is 11.2 Å². The summed E-state index contributed by atoms with van der Waals surface area (Å²) in [5.74, 6) is 0.918. The molecule has 1 saturated carbocycles. The van der Waals surface area contributed by atoms with E-state index in [1.165, 1.54) is 10.6 Å². The van der Waals surface area contributed by atoms with Crippen molar-refractivity contribution in [2.24, 2.45) is 5.92 Å². The first kappa shape index (κ1) is 26.4. The fourth-order valence-corrected chi connectivity index (χ4v) is 7.63. The molecule has 1 aliphatic carbocycles. The van der Waals surface area contributed by atoms with Gasteiger partial charge in [-0.15, -0.1) is 0 Å². The Balaban J connectivity index is 1.21. The van der Waals surface area contributed by atoms with Crippen LogP contribution in [-0.4, -0.2) is 88.3 Å². The van der Waals surface area contributed by atoms with Crippen LogP contribution in [0.15, 0.2) is 28.7 Å². The number of hydrogen-bond donors (Lipinski definition) is 3. The maximum Gasteiger partial charge on any atom is 0.410 e. The van der Waals surface area contributed by atoms with E-state index in [1.807, 2.05) is 25.1 Å². The normalized spacial score (nSPS) is 17.8. The molecule has 3 aromatic rings. The minimum absolute atomic E-state index is 0.00689. The van der Waals surface area contributed by atoms with Crippen LogP contribution in [0.5, 0.6) is 0 Å². The molecule has 2 fully saturated rings. The zero-order valence-electron chi connectivity index (χ0n) is 21.0. The van der Waals surface area contributed by atoms with Crippen LogP contribution in [0.1, 0.15) is 35.8 Å². The van der Waals surface area contributed by atoms with E-state index in [9.17, 15) is 18.0 Å². The Kier molecular flexibility index (Phi) is 7.31. The second-order valence-corrected chi connectivity index (χ2v) is 12.8. The summed E-state index contributed by atoms with van der Waals surface area (Å²) in [6, 6.07) is 5.61. The van der Waals surface area contributed by atoms with E-state index in [1.54, 1.807) is 6.92 Å². The molecule has 2 aliphatic rings. The van der Waals surface area contributed by atoms with Crippen molar-refractivity contribution in [2.45, 2.75) is 36.9 Å². The SMILES string of the molecule is Cc1nc(NC(=O)O)sc1S(=O)(=O)N1CCN(CC(C)Nc2ncnc3c(C(=O)C4CC4)cccc23)CC1. The van der Waals surface area contributed by atoms with Crippen LogP contribution >= 0.6 is 11.3 Å². The van der Waals surface area contributed by atoms with Crippen LogP contribution in [0, 0.1) is 12.8 Å². The maximum absolute atomic E-state index is 13.2. The van der Waals surface area contributed by atoms with Crippen LogP contribution in [0.3, 0.4) is 0 Å². The first-order valence-corrected chi connectivity index (χ1v) is 14.6. The largest absolute Gasteiger partial charge is 0.465 e. The van der Waals surface area contributed by atoms with Gasteiger partial charge in [-0.2, -0.15) is 4.31 Å². The number of fused-ring (bicyclic) bond motifs is 1. The van der Waals surface area contributed by atoms with Gasteiger partial charge < -0.3 is 10.4 Å². The molecular formula is C24H29N7O5S2. The van der Waals surface area contributed by atoms with Crippen molar-refractivity contribution in [1.82, 2.24) is 24.2 Å². The van der Waals surface area contributed by atoms with E-state index in [2.05, 4.69) is 30.5 Å². The van der Waals surface area contributed by atoms with Crippen molar-refractivity contribution < 1.29 is 23.1 Å². The number of anilines is 2. The number of nitrogens with one attached hydrogen (secondary N) is 2. The maximum atomic E-state index is 13.2. The molecule has 1 aliphatic heterocycles. The highest BCUT2D eigenvalue weighted by molar-refractivity contribution is 7.91. The topological polar surface area (TPSA) is 158 Å². The average molecular weight is 560 g/mol. The molecule has 12 nitrogen and oxygen atoms in total. The van der Waals surface area contributed by atoms with Crippen LogP contribution in [0.25, 0.3) is 10.9 Å². The molecular weight excluding hydrogens is 530 g/mol. The quantitative estimate of drug-likeness (QED) is 0.333. The molecule has 2 aromatic heterocycles. The standard InChI is InChI=1S/C24H29N7O5S2/c1-14(27-21-18-5-3-4-17(19(18)25-13-26-21)20(32)16-6-7-16)12-30-8-10-31(11-9-30)38(35,36)22-15(2)28-23(37-22)29-24(33)34/h3-5,13-14,16H,6-12H2,1-2H3,(H,28,29)(H,33,34)(H,25,26,27). The summed E-state index contributed by atoms with van der Waals surface area (Å²) < 4.78 is 27.8. The van der Waals surface area contributed by atoms with Crippen molar-refractivity contribution in [2.75, 3.05) is 43.4 Å². The van der Waals surface area contributed by atoms with E-state index < -0.39 is 16.1 Å². The number of aromatic nitrogens is 3. The zero-order valence-corrected chi connectivity index (χ0v) is 22.7. The molecule has 1 amide bonds. The smallest absolute Gasteiger partial charge is 0.410 e. The summed E-state index contributed by atoms with van der Waals surface area (Å²) in [6.07, 6.45) is 2.05. The highest BCUT2D eigenvalue weighted by atomic mass is 32.2. The Morgan fingerprint density at radius 1 is 1.18 bits per heavy atom. The lowest BCUT2D eigenvalue weighted by Crippen LogP contribution is -2.50. The number of nitrogens with zero attached hydrogens (tertiary/aromatic N) is 5. The van der Waals surface area contributed by atoms with E-state index >= 15 is 0 Å². The zero-order chi connectivity index (χ0) is 27.0. The lowest BCUT2D eigenvalue weighted by Gasteiger charge is -2.35. The molecule has 0 spiro atoms. The van der Waals surface area contributed by atoms with Gasteiger partial charge in [0.25, 0.3) is 10.0 Å². The number of aryl methyl sites for hydroxylation is 1. The number of amides is 1. The number of thiazole rings is 1. The fourth-order valence-electron chi connectivity index (χ4n) is 4.67. The molecule has 14 heteroatoms. The number of rotatable bonds is 9. The molecule has 1 atom stereocenters. The Labute approximate surface area is 224 Å². The number of carbonyl (C=O) groups excluding carboxylic acids is 1. The van der Waals surface area contributed by atoms with Gasteiger partial charge in [0.1, 0.15) is 12.1 Å². The predicted octanol–water partition coefficient (Wildman–Crippen LogP) is 2.88. The van der Waals surface area contributed by atoms with Crippen molar-refractivity contribution in [3.63, 3.8) is 0 Å². The van der Waals surface area contributed by atoms with Gasteiger partial charge in [-0.3, -0.25) is 15.0 Å². The van der Waals surface area contributed by atoms with Gasteiger partial charge in [0, 0.05) is 55.6 Å². The number of para-hydroxylation sites is 1. The number of ketones is 1. The second-order valence-electron chi connectivity index (χ2n) is 9.63. The Bertz CT molecular complexity index is 1480. The third-order valence-corrected chi connectivity index (χ3v) is 10.2. The number of hydrogen-bond acceptors (Lipinski definition) is 10. The molecule has 3 heterocycles. The highest BCUT2D eigenvalue weighted by Gasteiger charge is 2.33. The van der Waals surface area contributed by atoms with Gasteiger partial charge >= 0.3 is 6.09 Å². The lowest BCUT2D eigenvalue weighted by atomic mass is 10.0. The first-order valence-electron chi connectivity index (χ1n) is 12.4. The van der Waals surface area contributed by atoms with Crippen molar-refractivity contribution >= 4 is 55.1 Å². The average Bonchev–Trinajstić information content (AvgIpc) is 3.66. The van der Waals surface area contributed by atoms with E-state index in [0.717, 1.165) is 29.6 Å². The Morgan fingerprint density at radius 3 is 2.61 bits per heavy atom. The molecule has 202 valence electrons. The van der Waals surface area contributed by atoms with Gasteiger partial charge in [-0.1, -0.05) is 17.4 Å². The monoisotopic (exact) mass is 559 g/mol. The number of carboxylic acid groups (broad SMARTS) is 1. The van der Waals surface area contributed by atoms with Crippen LogP contribution < -0.4 is 10.6 Å². The van der Waals surface area contributed by atoms with Crippen LogP contribution in [0.2, 0.25) is 0 Å². The molecule has 0 radical (unpaired) electrons. The van der Waals surface area contributed by atoms with E-state index in [-0.39, 0.29) is 32.8 Å². The summed E-state index contributed by atoms with van der Waals surface area (Å²) in [5, 5.41) is 15.3. The minimum atomic E-state index is -3.78. The molecule has 1 saturated heterocycles. The predicted molar refractivity (Wildman–Crippen MR) is 143 cm³/mol. The van der Waals surface area contributed by atoms with Gasteiger partial charge in [-0.05, 0) is 38.8 Å². The van der Waals surface area contributed by atoms with Crippen molar-refractivity contribution in [3.8, 4) is 0 Å².